The third-order valence-electron chi connectivity index (χ3n) is 3.72. The summed E-state index contributed by atoms with van der Waals surface area (Å²) in [7, 11) is 0. The van der Waals surface area contributed by atoms with Crippen molar-refractivity contribution in [2.24, 2.45) is 0 Å². The zero-order valence-electron chi connectivity index (χ0n) is 10.7. The number of aliphatic hydroxyl groups is 1. The van der Waals surface area contributed by atoms with Gasteiger partial charge in [-0.1, -0.05) is 45.9 Å². The lowest BCUT2D eigenvalue weighted by Gasteiger charge is -2.29. The highest BCUT2D eigenvalue weighted by molar-refractivity contribution is 5.39. The van der Waals surface area contributed by atoms with Crippen molar-refractivity contribution in [2.75, 3.05) is 0 Å². The molecule has 1 aliphatic carbocycles. The van der Waals surface area contributed by atoms with Crippen LogP contribution in [0.4, 0.5) is 0 Å². The minimum absolute atomic E-state index is 0.162. The normalized spacial score (nSPS) is 25.3. The lowest BCUT2D eigenvalue weighted by molar-refractivity contribution is 0.151. The molecule has 0 radical (unpaired) electrons. The van der Waals surface area contributed by atoms with Crippen LogP contribution in [0.1, 0.15) is 69.2 Å². The lowest BCUT2D eigenvalue weighted by Crippen LogP contribution is -2.16. The van der Waals surface area contributed by atoms with Crippen molar-refractivity contribution in [1.29, 1.82) is 0 Å². The maximum Gasteiger partial charge on any atom is 0.0793 e. The summed E-state index contributed by atoms with van der Waals surface area (Å²) in [6.07, 6.45) is 1.75. The Hall–Kier alpha value is -0.820. The Morgan fingerprint density at radius 3 is 2.44 bits per heavy atom. The smallest absolute Gasteiger partial charge is 0.0793 e. The quantitative estimate of drug-likeness (QED) is 0.700. The molecule has 2 atom stereocenters. The highest BCUT2D eigenvalue weighted by Crippen LogP contribution is 2.39. The Morgan fingerprint density at radius 2 is 1.81 bits per heavy atom. The first-order chi connectivity index (χ1) is 7.39. The Kier molecular flexibility index (Phi) is 2.83. The highest BCUT2D eigenvalue weighted by atomic mass is 16.3. The number of hydrogen-bond donors (Lipinski definition) is 1. The summed E-state index contributed by atoms with van der Waals surface area (Å²) in [5.74, 6) is 0.590. The molecule has 2 rings (SSSR count). The van der Waals surface area contributed by atoms with E-state index in [0.29, 0.717) is 5.92 Å². The van der Waals surface area contributed by atoms with Gasteiger partial charge in [0.15, 0.2) is 0 Å². The van der Waals surface area contributed by atoms with Crippen molar-refractivity contribution in [2.45, 2.75) is 58.0 Å². The van der Waals surface area contributed by atoms with Gasteiger partial charge in [0.2, 0.25) is 0 Å². The number of fused-ring (bicyclic) bond motifs is 1. The number of aliphatic hydroxyl groups excluding tert-OH is 1. The van der Waals surface area contributed by atoms with Crippen LogP contribution in [0.3, 0.4) is 0 Å². The fourth-order valence-electron chi connectivity index (χ4n) is 2.50. The third kappa shape index (κ3) is 2.01. The molecule has 0 fully saturated rings. The molecule has 1 nitrogen and oxygen atoms in total. The summed E-state index contributed by atoms with van der Waals surface area (Å²) in [6, 6.07) is 6.63. The second-order valence-corrected chi connectivity index (χ2v) is 6.09. The van der Waals surface area contributed by atoms with Crippen LogP contribution in [-0.4, -0.2) is 5.11 Å². The monoisotopic (exact) mass is 218 g/mol. The fourth-order valence-corrected chi connectivity index (χ4v) is 2.50. The molecule has 0 heterocycles. The maximum atomic E-state index is 10.1. The van der Waals surface area contributed by atoms with Crippen LogP contribution in [-0.2, 0) is 5.41 Å². The zero-order valence-corrected chi connectivity index (χ0v) is 10.7. The predicted octanol–water partition coefficient (Wildman–Crippen LogP) is 3.91. The van der Waals surface area contributed by atoms with Gasteiger partial charge in [0.05, 0.1) is 6.10 Å². The third-order valence-corrected chi connectivity index (χ3v) is 3.72. The molecular weight excluding hydrogens is 196 g/mol. The average Bonchev–Trinajstić information content (AvgIpc) is 2.22. The standard InChI is InChI=1S/C15H22O/c1-10-5-8-14(16)13-9-11(15(2,3)4)6-7-12(10)13/h6-7,9-10,14,16H,5,8H2,1-4H3/t10?,14-/m1/s1. The molecule has 0 amide bonds. The van der Waals surface area contributed by atoms with Gasteiger partial charge in [0.25, 0.3) is 0 Å². The number of rotatable bonds is 0. The molecule has 16 heavy (non-hydrogen) atoms. The molecule has 1 aromatic carbocycles. The molecule has 1 N–H and O–H groups in total. The second kappa shape index (κ2) is 3.89. The van der Waals surface area contributed by atoms with Crippen LogP contribution < -0.4 is 0 Å². The molecule has 0 aromatic heterocycles. The predicted molar refractivity (Wildman–Crippen MR) is 67.8 cm³/mol. The van der Waals surface area contributed by atoms with Gasteiger partial charge >= 0.3 is 0 Å². The van der Waals surface area contributed by atoms with Gasteiger partial charge < -0.3 is 5.11 Å². The Bertz CT molecular complexity index is 387. The molecule has 1 aromatic rings. The largest absolute Gasteiger partial charge is 0.388 e. The fraction of sp³-hybridized carbons (Fsp3) is 0.600. The first-order valence-corrected chi connectivity index (χ1v) is 6.22. The zero-order chi connectivity index (χ0) is 11.9. The summed E-state index contributed by atoms with van der Waals surface area (Å²) in [5.41, 5.74) is 3.98. The molecule has 88 valence electrons. The van der Waals surface area contributed by atoms with Crippen LogP contribution in [0.15, 0.2) is 18.2 Å². The van der Waals surface area contributed by atoms with E-state index in [1.54, 1.807) is 0 Å². The van der Waals surface area contributed by atoms with Gasteiger partial charge in [-0.2, -0.15) is 0 Å². The Balaban J connectivity index is 2.48. The van der Waals surface area contributed by atoms with Crippen molar-refractivity contribution < 1.29 is 5.11 Å². The molecule has 1 aliphatic rings. The van der Waals surface area contributed by atoms with Gasteiger partial charge in [-0.05, 0) is 40.9 Å². The molecule has 0 saturated carbocycles. The molecule has 1 unspecified atom stereocenters. The van der Waals surface area contributed by atoms with Crippen LogP contribution in [0, 0.1) is 0 Å². The lowest BCUT2D eigenvalue weighted by atomic mass is 9.78. The Labute approximate surface area is 98.5 Å². The topological polar surface area (TPSA) is 20.2 Å². The van der Waals surface area contributed by atoms with E-state index in [4.69, 9.17) is 0 Å². The van der Waals surface area contributed by atoms with Crippen molar-refractivity contribution >= 4 is 0 Å². The molecule has 0 spiro atoms. The first kappa shape index (κ1) is 11.7. The van der Waals surface area contributed by atoms with Crippen LogP contribution in [0.25, 0.3) is 0 Å². The molecule has 0 bridgehead atoms. The maximum absolute atomic E-state index is 10.1. The van der Waals surface area contributed by atoms with Gasteiger partial charge in [0, 0.05) is 0 Å². The van der Waals surface area contributed by atoms with Gasteiger partial charge in [-0.3, -0.25) is 0 Å². The summed E-state index contributed by atoms with van der Waals surface area (Å²) in [5, 5.41) is 10.1. The molecular formula is C15H22O. The summed E-state index contributed by atoms with van der Waals surface area (Å²) < 4.78 is 0. The summed E-state index contributed by atoms with van der Waals surface area (Å²) in [4.78, 5) is 0. The molecule has 1 heteroatoms. The van der Waals surface area contributed by atoms with Crippen molar-refractivity contribution in [3.05, 3.63) is 34.9 Å². The number of benzene rings is 1. The summed E-state index contributed by atoms with van der Waals surface area (Å²) in [6.45, 7) is 8.90. The molecule has 0 aliphatic heterocycles. The van der Waals surface area contributed by atoms with E-state index in [1.807, 2.05) is 0 Å². The second-order valence-electron chi connectivity index (χ2n) is 6.09. The van der Waals surface area contributed by atoms with Crippen molar-refractivity contribution in [1.82, 2.24) is 0 Å². The van der Waals surface area contributed by atoms with E-state index in [2.05, 4.69) is 45.9 Å². The number of hydrogen-bond acceptors (Lipinski definition) is 1. The molecule has 0 saturated heterocycles. The van der Waals surface area contributed by atoms with E-state index < -0.39 is 0 Å². The van der Waals surface area contributed by atoms with E-state index >= 15 is 0 Å². The summed E-state index contributed by atoms with van der Waals surface area (Å²) >= 11 is 0. The van der Waals surface area contributed by atoms with E-state index in [0.717, 1.165) is 18.4 Å². The van der Waals surface area contributed by atoms with Gasteiger partial charge in [-0.15, -0.1) is 0 Å². The SMILES string of the molecule is CC1CC[C@@H](O)c2cc(C(C)(C)C)ccc21. The minimum atomic E-state index is -0.256. The van der Waals surface area contributed by atoms with Crippen molar-refractivity contribution in [3.8, 4) is 0 Å². The van der Waals surface area contributed by atoms with Gasteiger partial charge in [0.1, 0.15) is 0 Å². The van der Waals surface area contributed by atoms with Crippen molar-refractivity contribution in [3.63, 3.8) is 0 Å². The highest BCUT2D eigenvalue weighted by Gasteiger charge is 2.25. The van der Waals surface area contributed by atoms with Crippen LogP contribution in [0.5, 0.6) is 0 Å². The first-order valence-electron chi connectivity index (χ1n) is 6.22. The average molecular weight is 218 g/mol. The van der Waals surface area contributed by atoms with E-state index in [-0.39, 0.29) is 11.5 Å². The van der Waals surface area contributed by atoms with E-state index in [9.17, 15) is 5.11 Å². The minimum Gasteiger partial charge on any atom is -0.388 e. The van der Waals surface area contributed by atoms with Crippen LogP contribution in [0.2, 0.25) is 0 Å². The van der Waals surface area contributed by atoms with Crippen LogP contribution >= 0.6 is 0 Å². The van der Waals surface area contributed by atoms with E-state index in [1.165, 1.54) is 11.1 Å². The van der Waals surface area contributed by atoms with Gasteiger partial charge in [-0.25, -0.2) is 0 Å². The Morgan fingerprint density at radius 1 is 1.12 bits per heavy atom.